The molecule has 0 heterocycles. The second kappa shape index (κ2) is 8.17. The van der Waals surface area contributed by atoms with Crippen LogP contribution in [0.3, 0.4) is 0 Å². The van der Waals surface area contributed by atoms with Crippen molar-refractivity contribution >= 4 is 37.8 Å². The van der Waals surface area contributed by atoms with Crippen LogP contribution in [0.5, 0.6) is 0 Å². The Morgan fingerprint density at radius 3 is 2.05 bits per heavy atom. The molecule has 0 fully saturated rings. The standard InChI is InChI=1S/C6H6O3S.C3H8ClN3O2S/c7-10(8,9)6-4-2-1-3-5-6;4-2-1-3(5)7-10(6,8)9/h1-5H,(H,7,8,9);1-2H2,(H2,5,7)(H2,6,8,9). The van der Waals surface area contributed by atoms with Gasteiger partial charge in [0.2, 0.25) is 0 Å². The van der Waals surface area contributed by atoms with Gasteiger partial charge in [-0.15, -0.1) is 11.6 Å². The van der Waals surface area contributed by atoms with Crippen molar-refractivity contribution in [3.8, 4) is 0 Å². The van der Waals surface area contributed by atoms with Crippen LogP contribution in [0.1, 0.15) is 6.42 Å². The maximum absolute atomic E-state index is 10.4. The molecule has 0 saturated carbocycles. The van der Waals surface area contributed by atoms with Crippen LogP contribution < -0.4 is 9.86 Å². The van der Waals surface area contributed by atoms with Gasteiger partial charge in [-0.3, -0.25) is 14.7 Å². The van der Waals surface area contributed by atoms with Crippen LogP contribution in [0.2, 0.25) is 0 Å². The Hall–Kier alpha value is -1.20. The largest absolute Gasteiger partial charge is 0.297 e. The molecule has 0 amide bonds. The molecule has 0 aliphatic rings. The van der Waals surface area contributed by atoms with E-state index in [9.17, 15) is 16.8 Å². The minimum atomic E-state index is -4.00. The lowest BCUT2D eigenvalue weighted by molar-refractivity contribution is 0.483. The van der Waals surface area contributed by atoms with E-state index in [1.807, 2.05) is 0 Å². The third kappa shape index (κ3) is 9.69. The number of rotatable bonds is 4. The van der Waals surface area contributed by atoms with Gasteiger partial charge in [0.15, 0.2) is 0 Å². The summed E-state index contributed by atoms with van der Waals surface area (Å²) in [5.74, 6) is -0.000972. The Morgan fingerprint density at radius 2 is 1.75 bits per heavy atom. The molecule has 0 aliphatic heterocycles. The lowest BCUT2D eigenvalue weighted by atomic mass is 10.4. The number of hydrogen-bond acceptors (Lipinski definition) is 5. The Kier molecular flexibility index (Phi) is 7.68. The molecule has 114 valence electrons. The molecule has 20 heavy (non-hydrogen) atoms. The summed E-state index contributed by atoms with van der Waals surface area (Å²) in [5.41, 5.74) is 0. The van der Waals surface area contributed by atoms with E-state index in [-0.39, 0.29) is 23.0 Å². The third-order valence-corrected chi connectivity index (χ3v) is 3.24. The van der Waals surface area contributed by atoms with Gasteiger partial charge in [-0.05, 0) is 12.1 Å². The van der Waals surface area contributed by atoms with Crippen molar-refractivity contribution in [2.75, 3.05) is 5.88 Å². The summed E-state index contributed by atoms with van der Waals surface area (Å²) in [6, 6.07) is 7.42. The molecule has 0 aliphatic carbocycles. The fraction of sp³-hybridized carbons (Fsp3) is 0.222. The van der Waals surface area contributed by atoms with E-state index in [4.69, 9.17) is 21.6 Å². The molecule has 1 rings (SSSR count). The van der Waals surface area contributed by atoms with Crippen LogP contribution >= 0.6 is 11.6 Å². The van der Waals surface area contributed by atoms with Gasteiger partial charge < -0.3 is 0 Å². The summed E-state index contributed by atoms with van der Waals surface area (Å²) in [6.07, 6.45) is 0.165. The van der Waals surface area contributed by atoms with E-state index in [2.05, 4.69) is 5.14 Å². The summed E-state index contributed by atoms with van der Waals surface area (Å²) in [7, 11) is -7.78. The van der Waals surface area contributed by atoms with Gasteiger partial charge in [0.05, 0.1) is 4.90 Å². The van der Waals surface area contributed by atoms with Crippen molar-refractivity contribution in [2.45, 2.75) is 11.3 Å². The average molecular weight is 344 g/mol. The van der Waals surface area contributed by atoms with Crippen molar-refractivity contribution in [1.29, 1.82) is 5.41 Å². The maximum atomic E-state index is 10.4. The first kappa shape index (κ1) is 18.8. The van der Waals surface area contributed by atoms with Crippen LogP contribution in [-0.4, -0.2) is 33.1 Å². The lowest BCUT2D eigenvalue weighted by Gasteiger charge is -2.01. The second-order valence-electron chi connectivity index (χ2n) is 3.35. The van der Waals surface area contributed by atoms with Gasteiger partial charge in [0, 0.05) is 12.3 Å². The zero-order valence-corrected chi connectivity index (χ0v) is 12.5. The highest BCUT2D eigenvalue weighted by atomic mass is 35.5. The highest BCUT2D eigenvalue weighted by molar-refractivity contribution is 7.87. The van der Waals surface area contributed by atoms with Gasteiger partial charge >= 0.3 is 0 Å². The monoisotopic (exact) mass is 343 g/mol. The van der Waals surface area contributed by atoms with Crippen molar-refractivity contribution < 1.29 is 21.4 Å². The molecule has 5 N–H and O–H groups in total. The molecule has 0 spiro atoms. The molecule has 0 atom stereocenters. The predicted octanol–water partition coefficient (Wildman–Crippen LogP) is 0.319. The summed E-state index contributed by atoms with van der Waals surface area (Å²) in [5, 5.41) is 11.4. The first-order valence-electron chi connectivity index (χ1n) is 5.02. The van der Waals surface area contributed by atoms with Crippen LogP contribution in [0.25, 0.3) is 0 Å². The number of halogens is 1. The van der Waals surface area contributed by atoms with Gasteiger partial charge in [0.1, 0.15) is 5.84 Å². The fourth-order valence-corrected chi connectivity index (χ4v) is 2.05. The molecular weight excluding hydrogens is 330 g/mol. The summed E-state index contributed by atoms with van der Waals surface area (Å²) < 4.78 is 51.4. The molecule has 0 unspecified atom stereocenters. The highest BCUT2D eigenvalue weighted by Crippen LogP contribution is 2.05. The summed E-state index contributed by atoms with van der Waals surface area (Å²) >= 11 is 5.21. The topological polar surface area (TPSA) is 150 Å². The van der Waals surface area contributed by atoms with Crippen LogP contribution in [-0.2, 0) is 20.3 Å². The molecule has 1 aromatic carbocycles. The molecule has 0 bridgehead atoms. The molecule has 8 nitrogen and oxygen atoms in total. The van der Waals surface area contributed by atoms with Crippen molar-refractivity contribution in [1.82, 2.24) is 4.72 Å². The smallest absolute Gasteiger partial charge is 0.288 e. The molecule has 0 saturated heterocycles. The number of benzene rings is 1. The second-order valence-corrected chi connectivity index (χ2v) is 6.45. The van der Waals surface area contributed by atoms with Crippen LogP contribution in [0, 0.1) is 5.41 Å². The molecule has 11 heteroatoms. The quantitative estimate of drug-likeness (QED) is 0.268. The highest BCUT2D eigenvalue weighted by Gasteiger charge is 2.05. The van der Waals surface area contributed by atoms with Gasteiger partial charge in [-0.2, -0.15) is 16.8 Å². The SMILES string of the molecule is N=C(CCCl)NS(N)(=O)=O.O=S(=O)(O)c1ccccc1. The van der Waals surface area contributed by atoms with Crippen molar-refractivity contribution in [3.63, 3.8) is 0 Å². The van der Waals surface area contributed by atoms with E-state index < -0.39 is 20.3 Å². The predicted molar refractivity (Wildman–Crippen MR) is 75.6 cm³/mol. The fourth-order valence-electron chi connectivity index (χ4n) is 0.910. The number of nitrogens with one attached hydrogen (secondary N) is 2. The third-order valence-electron chi connectivity index (χ3n) is 1.65. The Bertz CT molecular complexity index is 631. The van der Waals surface area contributed by atoms with E-state index in [1.54, 1.807) is 22.9 Å². The Labute approximate surface area is 122 Å². The first-order valence-corrected chi connectivity index (χ1v) is 8.55. The van der Waals surface area contributed by atoms with E-state index in [0.29, 0.717) is 0 Å². The molecule has 0 aromatic heterocycles. The maximum Gasteiger partial charge on any atom is 0.297 e. The number of alkyl halides is 1. The number of hydrogen-bond donors (Lipinski definition) is 4. The summed E-state index contributed by atoms with van der Waals surface area (Å²) in [6.45, 7) is 0. The lowest BCUT2D eigenvalue weighted by Crippen LogP contribution is -2.35. The van der Waals surface area contributed by atoms with Gasteiger partial charge in [-0.1, -0.05) is 18.2 Å². The minimum absolute atomic E-state index is 0.0741. The van der Waals surface area contributed by atoms with E-state index >= 15 is 0 Å². The average Bonchev–Trinajstić information content (AvgIpc) is 2.27. The van der Waals surface area contributed by atoms with Crippen LogP contribution in [0.15, 0.2) is 35.2 Å². The molecule has 0 radical (unpaired) electrons. The zero-order valence-electron chi connectivity index (χ0n) is 10.2. The Balaban J connectivity index is 0.000000361. The van der Waals surface area contributed by atoms with E-state index in [1.165, 1.54) is 12.1 Å². The van der Waals surface area contributed by atoms with Gasteiger partial charge in [0.25, 0.3) is 20.3 Å². The first-order chi connectivity index (χ1) is 9.06. The Morgan fingerprint density at radius 1 is 1.25 bits per heavy atom. The minimum Gasteiger partial charge on any atom is -0.288 e. The normalized spacial score (nSPS) is 11.2. The van der Waals surface area contributed by atoms with Crippen molar-refractivity contribution in [3.05, 3.63) is 30.3 Å². The zero-order chi connectivity index (χ0) is 15.8. The summed E-state index contributed by atoms with van der Waals surface area (Å²) in [4.78, 5) is -0.0741. The number of nitrogens with two attached hydrogens (primary N) is 1. The number of amidine groups is 1. The van der Waals surface area contributed by atoms with Crippen LogP contribution in [0.4, 0.5) is 0 Å². The van der Waals surface area contributed by atoms with Crippen molar-refractivity contribution in [2.24, 2.45) is 5.14 Å². The van der Waals surface area contributed by atoms with Gasteiger partial charge in [-0.25, -0.2) is 5.14 Å². The van der Waals surface area contributed by atoms with E-state index in [0.717, 1.165) is 0 Å². The molecule has 1 aromatic rings. The molecular formula is C9H14ClN3O5S2.